The molecule has 4 rings (SSSR count). The number of fused-ring (bicyclic) bond motifs is 2. The Morgan fingerprint density at radius 1 is 1.21 bits per heavy atom. The van der Waals surface area contributed by atoms with Gasteiger partial charge in [0.1, 0.15) is 0 Å². The van der Waals surface area contributed by atoms with Crippen LogP contribution in [0.4, 0.5) is 5.69 Å². The van der Waals surface area contributed by atoms with Gasteiger partial charge in [0.15, 0.2) is 23.9 Å². The molecule has 1 N–H and O–H groups in total. The lowest BCUT2D eigenvalue weighted by Crippen LogP contribution is -2.12. The van der Waals surface area contributed by atoms with Gasteiger partial charge in [-0.1, -0.05) is 11.6 Å². The van der Waals surface area contributed by atoms with Crippen molar-refractivity contribution in [3.63, 3.8) is 0 Å². The van der Waals surface area contributed by atoms with Crippen LogP contribution in [0.1, 0.15) is 21.5 Å². The predicted octanol–water partition coefficient (Wildman–Crippen LogP) is 3.00. The van der Waals surface area contributed by atoms with Crippen LogP contribution < -0.4 is 14.8 Å². The summed E-state index contributed by atoms with van der Waals surface area (Å²) in [6.07, 6.45) is 2.94. The number of halogens is 1. The summed E-state index contributed by atoms with van der Waals surface area (Å²) in [7, 11) is 0. The molecular formula is C20H14ClNO6. The molecule has 0 atom stereocenters. The first-order valence-electron chi connectivity index (χ1n) is 8.39. The number of hydrogen-bond acceptors (Lipinski definition) is 6. The summed E-state index contributed by atoms with van der Waals surface area (Å²) in [5.41, 5.74) is 2.47. The van der Waals surface area contributed by atoms with E-state index in [1.54, 1.807) is 30.3 Å². The highest BCUT2D eigenvalue weighted by atomic mass is 35.5. The van der Waals surface area contributed by atoms with Crippen LogP contribution in [0.15, 0.2) is 36.4 Å². The van der Waals surface area contributed by atoms with E-state index in [0.717, 1.165) is 5.56 Å². The van der Waals surface area contributed by atoms with Crippen molar-refractivity contribution in [3.05, 3.63) is 58.1 Å². The van der Waals surface area contributed by atoms with Gasteiger partial charge in [0, 0.05) is 17.3 Å². The fourth-order valence-electron chi connectivity index (χ4n) is 2.92. The van der Waals surface area contributed by atoms with Crippen molar-refractivity contribution in [2.24, 2.45) is 0 Å². The van der Waals surface area contributed by atoms with Gasteiger partial charge in [-0.2, -0.15) is 0 Å². The molecule has 142 valence electrons. The van der Waals surface area contributed by atoms with Crippen LogP contribution in [0.2, 0.25) is 5.02 Å². The van der Waals surface area contributed by atoms with E-state index in [1.165, 1.54) is 12.2 Å². The lowest BCUT2D eigenvalue weighted by molar-refractivity contribution is -0.136. The van der Waals surface area contributed by atoms with Gasteiger partial charge in [0.2, 0.25) is 12.7 Å². The molecule has 1 amide bonds. The van der Waals surface area contributed by atoms with Gasteiger partial charge in [0.05, 0.1) is 11.4 Å². The van der Waals surface area contributed by atoms with Gasteiger partial charge in [-0.15, -0.1) is 0 Å². The molecule has 2 aliphatic heterocycles. The number of carbonyl (C=O) groups is 3. The van der Waals surface area contributed by atoms with Gasteiger partial charge in [0.25, 0.3) is 0 Å². The topological polar surface area (TPSA) is 90.9 Å². The zero-order valence-electron chi connectivity index (χ0n) is 14.5. The van der Waals surface area contributed by atoms with Crippen LogP contribution in [0.5, 0.6) is 11.5 Å². The number of benzene rings is 2. The molecule has 2 aromatic carbocycles. The van der Waals surface area contributed by atoms with Crippen LogP contribution >= 0.6 is 11.6 Å². The van der Waals surface area contributed by atoms with Crippen LogP contribution in [0.25, 0.3) is 6.08 Å². The minimum Gasteiger partial charge on any atom is -0.454 e. The standard InChI is InChI=1S/C20H14ClNO6/c21-14-5-11(6-17-20(14)28-10-27-17)1-4-19(25)26-9-16(23)12-2-3-15-13(7-12)8-18(24)22-15/h1-7H,8-10H2,(H,22,24)/b4-1+. The molecule has 2 aliphatic rings. The SMILES string of the molecule is O=C1Cc2cc(C(=O)COC(=O)/C=C/c3cc(Cl)c4c(c3)OCO4)ccc2N1. The molecule has 2 heterocycles. The second-order valence-electron chi connectivity index (χ2n) is 6.20. The van der Waals surface area contributed by atoms with E-state index in [4.69, 9.17) is 25.8 Å². The Bertz CT molecular complexity index is 1030. The number of anilines is 1. The van der Waals surface area contributed by atoms with Gasteiger partial charge in [-0.25, -0.2) is 4.79 Å². The third-order valence-corrected chi connectivity index (χ3v) is 4.54. The van der Waals surface area contributed by atoms with Crippen LogP contribution in [0, 0.1) is 0 Å². The summed E-state index contributed by atoms with van der Waals surface area (Å²) in [6.45, 7) is -0.301. The Labute approximate surface area is 164 Å². The molecule has 0 spiro atoms. The van der Waals surface area contributed by atoms with Crippen molar-refractivity contribution < 1.29 is 28.6 Å². The van der Waals surface area contributed by atoms with Gasteiger partial charge in [-0.3, -0.25) is 9.59 Å². The lowest BCUT2D eigenvalue weighted by Gasteiger charge is -2.04. The Kier molecular flexibility index (Phi) is 4.75. The summed E-state index contributed by atoms with van der Waals surface area (Å²) < 4.78 is 15.5. The highest BCUT2D eigenvalue weighted by molar-refractivity contribution is 6.32. The quantitative estimate of drug-likeness (QED) is 0.472. The van der Waals surface area contributed by atoms with E-state index < -0.39 is 12.6 Å². The number of nitrogens with one attached hydrogen (secondary N) is 1. The number of Topliss-reactive ketones (excluding diaryl/α,β-unsaturated/α-hetero) is 1. The summed E-state index contributed by atoms with van der Waals surface area (Å²) >= 11 is 6.08. The Balaban J connectivity index is 1.35. The monoisotopic (exact) mass is 399 g/mol. The first-order chi connectivity index (χ1) is 13.5. The average molecular weight is 400 g/mol. The summed E-state index contributed by atoms with van der Waals surface area (Å²) in [6, 6.07) is 8.20. The van der Waals surface area contributed by atoms with Crippen molar-refractivity contribution in [2.45, 2.75) is 6.42 Å². The van der Waals surface area contributed by atoms with E-state index in [9.17, 15) is 14.4 Å². The number of esters is 1. The molecule has 0 unspecified atom stereocenters. The number of ketones is 1. The molecule has 0 fully saturated rings. The number of rotatable bonds is 5. The number of amides is 1. The number of hydrogen-bond donors (Lipinski definition) is 1. The van der Waals surface area contributed by atoms with Crippen molar-refractivity contribution in [3.8, 4) is 11.5 Å². The molecular weight excluding hydrogens is 386 g/mol. The van der Waals surface area contributed by atoms with E-state index in [2.05, 4.69) is 5.32 Å². The molecule has 0 saturated carbocycles. The maximum absolute atomic E-state index is 12.2. The number of carbonyl (C=O) groups excluding carboxylic acids is 3. The molecule has 7 nitrogen and oxygen atoms in total. The largest absolute Gasteiger partial charge is 0.454 e. The van der Waals surface area contributed by atoms with Gasteiger partial charge in [-0.05, 0) is 47.5 Å². The van der Waals surface area contributed by atoms with Crippen molar-refractivity contribution in [1.82, 2.24) is 0 Å². The van der Waals surface area contributed by atoms with E-state index in [-0.39, 0.29) is 24.9 Å². The summed E-state index contributed by atoms with van der Waals surface area (Å²) in [4.78, 5) is 35.5. The van der Waals surface area contributed by atoms with E-state index in [0.29, 0.717) is 33.3 Å². The van der Waals surface area contributed by atoms with Crippen LogP contribution in [-0.2, 0) is 20.7 Å². The van der Waals surface area contributed by atoms with Gasteiger partial charge < -0.3 is 19.5 Å². The normalized spacial score (nSPS) is 14.1. The maximum atomic E-state index is 12.2. The van der Waals surface area contributed by atoms with E-state index >= 15 is 0 Å². The predicted molar refractivity (Wildman–Crippen MR) is 101 cm³/mol. The lowest BCUT2D eigenvalue weighted by atomic mass is 10.1. The van der Waals surface area contributed by atoms with E-state index in [1.807, 2.05) is 0 Å². The summed E-state index contributed by atoms with van der Waals surface area (Å²) in [5.74, 6) is -0.159. The molecule has 0 radical (unpaired) electrons. The molecule has 2 aromatic rings. The molecule has 0 aliphatic carbocycles. The highest BCUT2D eigenvalue weighted by Crippen LogP contribution is 2.40. The zero-order chi connectivity index (χ0) is 19.7. The second kappa shape index (κ2) is 7.36. The first kappa shape index (κ1) is 18.1. The fourth-order valence-corrected chi connectivity index (χ4v) is 3.19. The third-order valence-electron chi connectivity index (χ3n) is 4.26. The zero-order valence-corrected chi connectivity index (χ0v) is 15.2. The average Bonchev–Trinajstić information content (AvgIpc) is 3.29. The maximum Gasteiger partial charge on any atom is 0.331 e. The number of ether oxygens (including phenoxy) is 3. The minimum atomic E-state index is -0.667. The fraction of sp³-hybridized carbons (Fsp3) is 0.150. The molecule has 8 heteroatoms. The van der Waals surface area contributed by atoms with Crippen molar-refractivity contribution in [2.75, 3.05) is 18.7 Å². The Morgan fingerprint density at radius 2 is 2.07 bits per heavy atom. The van der Waals surface area contributed by atoms with Gasteiger partial charge >= 0.3 is 5.97 Å². The Morgan fingerprint density at radius 3 is 2.93 bits per heavy atom. The van der Waals surface area contributed by atoms with Crippen LogP contribution in [-0.4, -0.2) is 31.1 Å². The third kappa shape index (κ3) is 3.70. The molecule has 0 saturated heterocycles. The molecule has 0 aromatic heterocycles. The molecule has 0 bridgehead atoms. The minimum absolute atomic E-state index is 0.0965. The summed E-state index contributed by atoms with van der Waals surface area (Å²) in [5, 5.41) is 3.07. The highest BCUT2D eigenvalue weighted by Gasteiger charge is 2.20. The second-order valence-corrected chi connectivity index (χ2v) is 6.60. The molecule has 28 heavy (non-hydrogen) atoms. The smallest absolute Gasteiger partial charge is 0.331 e. The van der Waals surface area contributed by atoms with Crippen LogP contribution in [0.3, 0.4) is 0 Å². The van der Waals surface area contributed by atoms with Crippen molar-refractivity contribution >= 4 is 41.0 Å². The van der Waals surface area contributed by atoms with Crippen molar-refractivity contribution in [1.29, 1.82) is 0 Å². The first-order valence-corrected chi connectivity index (χ1v) is 8.77. The Hall–Kier alpha value is -3.32.